The van der Waals surface area contributed by atoms with Crippen molar-refractivity contribution in [3.05, 3.63) is 121 Å². The Bertz CT molecular complexity index is 3970. The summed E-state index contributed by atoms with van der Waals surface area (Å²) in [6.45, 7) is 13.7. The first-order valence-corrected chi connectivity index (χ1v) is 31.6. The standard InChI is InChI=1S/C13H10F6O8S2.2C11H8F6O6S2.C6H8F2O5S/c1-7(2)10(20)26-8-3-5-9(6-4-8)27-29(24,25)13(18,19)11(14,15)12(16,17)28(21,22)23;2*1-2-7-3-5-8(6-4-7)23-25(21,22)11(16,17)9(12,13)10(14,15)24(18,19)20;1-4(2)5(9)13-3-6(7,8)14(10,11)12/h3-6H,1H2,2H3,(H,21,22,23);2*2-6H,1H2,(H,18,19,20);1,3H2,2H3,(H,10,11,12). The predicted molar refractivity (Wildman–Crippen MR) is 270 cm³/mol. The molecule has 0 unspecified atom stereocenters. The molecule has 3 aromatic rings. The molecule has 52 heteroatoms. The van der Waals surface area contributed by atoms with Gasteiger partial charge in [0.1, 0.15) is 23.0 Å². The molecule has 530 valence electrons. The van der Waals surface area contributed by atoms with Gasteiger partial charge in [0.05, 0.1) is 0 Å². The summed E-state index contributed by atoms with van der Waals surface area (Å²) in [6, 6.07) is 9.80. The van der Waals surface area contributed by atoms with Gasteiger partial charge in [-0.15, -0.1) is 0 Å². The van der Waals surface area contributed by atoms with E-state index in [1.165, 1.54) is 26.0 Å². The summed E-state index contributed by atoms with van der Waals surface area (Å²) in [5, 5.41) is -45.2. The Balaban J connectivity index is 0.00000124. The lowest BCUT2D eigenvalue weighted by Gasteiger charge is -2.29. The van der Waals surface area contributed by atoms with Crippen LogP contribution in [-0.2, 0) is 85.2 Å². The van der Waals surface area contributed by atoms with Gasteiger partial charge >= 0.3 is 137 Å². The molecule has 0 fully saturated rings. The molecule has 4 N–H and O–H groups in total. The lowest BCUT2D eigenvalue weighted by atomic mass is 10.2. The van der Waals surface area contributed by atoms with E-state index in [0.29, 0.717) is 23.3 Å². The van der Waals surface area contributed by atoms with Crippen LogP contribution >= 0.6 is 0 Å². The second-order valence-corrected chi connectivity index (χ2v) is 27.2. The highest BCUT2D eigenvalue weighted by atomic mass is 32.2. The first-order valence-electron chi connectivity index (χ1n) is 21.6. The van der Waals surface area contributed by atoms with Gasteiger partial charge in [-0.05, 0) is 73.5 Å². The van der Waals surface area contributed by atoms with Crippen molar-refractivity contribution in [1.29, 1.82) is 0 Å². The molecule has 0 saturated heterocycles. The van der Waals surface area contributed by atoms with E-state index in [4.69, 9.17) is 18.2 Å². The number of carbonyl (C=O) groups is 2. The minimum atomic E-state index is -7.14. The van der Waals surface area contributed by atoms with E-state index in [-0.39, 0.29) is 16.9 Å². The summed E-state index contributed by atoms with van der Waals surface area (Å²) in [7, 11) is -47.4. The molecule has 3 rings (SSSR count). The molecular formula is C41H34F20O25S7. The number of halogens is 20. The fraction of sp³-hybridized carbons (Fsp3) is 0.317. The van der Waals surface area contributed by atoms with E-state index in [2.05, 4.69) is 48.3 Å². The summed E-state index contributed by atoms with van der Waals surface area (Å²) in [6.07, 6.45) is 2.49. The Labute approximate surface area is 508 Å². The van der Waals surface area contributed by atoms with Crippen LogP contribution in [0.5, 0.6) is 23.0 Å². The Kier molecular flexibility index (Phi) is 26.4. The number of hydrogen-bond acceptors (Lipinski definition) is 21. The molecule has 0 radical (unpaired) electrons. The van der Waals surface area contributed by atoms with Crippen molar-refractivity contribution >= 4 is 94.9 Å². The molecule has 25 nitrogen and oxygen atoms in total. The molecule has 93 heavy (non-hydrogen) atoms. The minimum Gasteiger partial charge on any atom is -0.455 e. The molecule has 0 aliphatic heterocycles. The lowest BCUT2D eigenvalue weighted by Crippen LogP contribution is -2.61. The normalized spacial score (nSPS) is 13.7. The van der Waals surface area contributed by atoms with Crippen LogP contribution in [0, 0.1) is 0 Å². The number of alkyl halides is 20. The molecule has 0 heterocycles. The zero-order chi connectivity index (χ0) is 74.4. The SMILES string of the molecule is C=C(C)C(=O)OCC(F)(F)S(=O)(=O)O.C=C(C)C(=O)Oc1ccc(OS(=O)(=O)C(F)(F)C(F)(F)C(F)(F)S(=O)(=O)O)cc1.C=Cc1ccc(OS(=O)(=O)C(F)(F)C(F)(F)C(F)(F)S(=O)(=O)O)cc1.C=Cc1ccc(OS(=O)(=O)C(F)(F)C(F)(F)C(F)(F)S(=O)(=O)O)cc1. The minimum absolute atomic E-state index is 0.0467. The fourth-order valence-corrected chi connectivity index (χ4v) is 8.92. The number of benzene rings is 3. The van der Waals surface area contributed by atoms with Gasteiger partial charge in [0, 0.05) is 11.1 Å². The van der Waals surface area contributed by atoms with Gasteiger partial charge in [0.2, 0.25) is 0 Å². The predicted octanol–water partition coefficient (Wildman–Crippen LogP) is 8.67. The van der Waals surface area contributed by atoms with Crippen LogP contribution in [0.3, 0.4) is 0 Å². The summed E-state index contributed by atoms with van der Waals surface area (Å²) < 4.78 is 465. The third-order valence-corrected chi connectivity index (χ3v) is 16.9. The number of rotatable bonds is 26. The highest BCUT2D eigenvalue weighted by Crippen LogP contribution is 2.54. The highest BCUT2D eigenvalue weighted by molar-refractivity contribution is 7.90. The third kappa shape index (κ3) is 18.7. The molecule has 0 aliphatic carbocycles. The monoisotopic (exact) mass is 1530 g/mol. The molecule has 0 amide bonds. The molecule has 0 aromatic heterocycles. The summed E-state index contributed by atoms with van der Waals surface area (Å²) in [5.41, 5.74) is 0.491. The Morgan fingerprint density at radius 1 is 0.376 bits per heavy atom. The van der Waals surface area contributed by atoms with Crippen LogP contribution in [0.1, 0.15) is 25.0 Å². The van der Waals surface area contributed by atoms with Crippen molar-refractivity contribution in [3.8, 4) is 23.0 Å². The van der Waals surface area contributed by atoms with Crippen LogP contribution in [0.2, 0.25) is 0 Å². The fourth-order valence-electron chi connectivity index (χ4n) is 4.43. The Morgan fingerprint density at radius 2 is 0.591 bits per heavy atom. The molecule has 0 atom stereocenters. The number of carbonyl (C=O) groups excluding carboxylic acids is 2. The smallest absolute Gasteiger partial charge is 0.450 e. The maximum Gasteiger partial charge on any atom is 0.450 e. The van der Waals surface area contributed by atoms with E-state index in [1.54, 1.807) is 0 Å². The van der Waals surface area contributed by atoms with E-state index >= 15 is 0 Å². The van der Waals surface area contributed by atoms with E-state index in [1.807, 2.05) is 0 Å². The average Bonchev–Trinajstić information content (AvgIpc) is 0.743. The van der Waals surface area contributed by atoms with Crippen molar-refractivity contribution in [3.63, 3.8) is 0 Å². The van der Waals surface area contributed by atoms with Crippen LogP contribution < -0.4 is 17.3 Å². The largest absolute Gasteiger partial charge is 0.455 e. The average molecular weight is 1530 g/mol. The van der Waals surface area contributed by atoms with Gasteiger partial charge in [0.25, 0.3) is 0 Å². The van der Waals surface area contributed by atoms with Crippen LogP contribution in [0.25, 0.3) is 12.2 Å². The van der Waals surface area contributed by atoms with E-state index in [0.717, 1.165) is 60.7 Å². The number of hydrogen-bond donors (Lipinski definition) is 4. The lowest BCUT2D eigenvalue weighted by molar-refractivity contribution is -0.247. The van der Waals surface area contributed by atoms with E-state index < -0.39 is 161 Å². The van der Waals surface area contributed by atoms with Crippen LogP contribution in [-0.4, -0.2) is 150 Å². The van der Waals surface area contributed by atoms with Gasteiger partial charge < -0.3 is 22.0 Å². The topological polar surface area (TPSA) is 400 Å². The summed E-state index contributed by atoms with van der Waals surface area (Å²) in [5.74, 6) is -26.6. The molecule has 0 bridgehead atoms. The highest BCUT2D eigenvalue weighted by Gasteiger charge is 2.85. The van der Waals surface area contributed by atoms with Crippen LogP contribution in [0.15, 0.2) is 110 Å². The van der Waals surface area contributed by atoms with Crippen molar-refractivity contribution in [2.45, 2.75) is 68.4 Å². The van der Waals surface area contributed by atoms with Gasteiger partial charge in [-0.25, -0.2) is 9.59 Å². The quantitative estimate of drug-likeness (QED) is 0.0146. The maximum absolute atomic E-state index is 13.6. The first kappa shape index (κ1) is 86.0. The second kappa shape index (κ2) is 28.6. The number of ether oxygens (including phenoxy) is 2. The zero-order valence-corrected chi connectivity index (χ0v) is 50.1. The van der Waals surface area contributed by atoms with Crippen molar-refractivity contribution in [2.75, 3.05) is 6.61 Å². The maximum atomic E-state index is 13.6. The molecular weight excluding hydrogens is 1500 g/mol. The van der Waals surface area contributed by atoms with Crippen molar-refractivity contribution in [2.24, 2.45) is 0 Å². The first-order chi connectivity index (χ1) is 40.9. The summed E-state index contributed by atoms with van der Waals surface area (Å²) in [4.78, 5) is 21.9. The molecule has 0 aliphatic rings. The Morgan fingerprint density at radius 3 is 0.785 bits per heavy atom. The Hall–Kier alpha value is -6.95. The van der Waals surface area contributed by atoms with Gasteiger partial charge in [-0.2, -0.15) is 147 Å². The van der Waals surface area contributed by atoms with Gasteiger partial charge in [0.15, 0.2) is 6.61 Å². The molecule has 0 saturated carbocycles. The molecule has 3 aromatic carbocycles. The van der Waals surface area contributed by atoms with Gasteiger partial charge in [-0.1, -0.05) is 62.7 Å². The van der Waals surface area contributed by atoms with Crippen LogP contribution in [0.4, 0.5) is 87.8 Å². The molecule has 0 spiro atoms. The zero-order valence-electron chi connectivity index (χ0n) is 44.4. The van der Waals surface area contributed by atoms with Crippen molar-refractivity contribution < 1.29 is 197 Å². The van der Waals surface area contributed by atoms with Crippen molar-refractivity contribution in [1.82, 2.24) is 0 Å². The van der Waals surface area contributed by atoms with Gasteiger partial charge in [-0.3, -0.25) is 18.2 Å². The third-order valence-electron chi connectivity index (χ3n) is 9.44. The summed E-state index contributed by atoms with van der Waals surface area (Å²) >= 11 is 0. The van der Waals surface area contributed by atoms with E-state index in [9.17, 15) is 156 Å². The number of esters is 2. The second-order valence-electron chi connectivity index (χ2n) is 16.5.